The van der Waals surface area contributed by atoms with Gasteiger partial charge in [0, 0.05) is 46.1 Å². The summed E-state index contributed by atoms with van der Waals surface area (Å²) in [6, 6.07) is 35.2. The minimum Gasteiger partial charge on any atom is -0.294 e. The number of pyridine rings is 2. The van der Waals surface area contributed by atoms with Gasteiger partial charge in [-0.1, -0.05) is 74.5 Å². The molecule has 38 heavy (non-hydrogen) atoms. The predicted molar refractivity (Wildman–Crippen MR) is 156 cm³/mol. The fourth-order valence-corrected chi connectivity index (χ4v) is 6.47. The minimum absolute atomic E-state index is 0.0762. The third-order valence-corrected chi connectivity index (χ3v) is 8.33. The zero-order valence-electron chi connectivity index (χ0n) is 21.3. The summed E-state index contributed by atoms with van der Waals surface area (Å²) in [6.07, 6.45) is 5.64. The molecule has 3 heteroatoms. The maximum absolute atomic E-state index is 5.01. The Bertz CT molecular complexity index is 1880. The molecule has 2 aliphatic rings. The van der Waals surface area contributed by atoms with Crippen LogP contribution in [0.5, 0.6) is 0 Å². The summed E-state index contributed by atoms with van der Waals surface area (Å²) in [5, 5.41) is 2.51. The predicted octanol–water partition coefficient (Wildman–Crippen LogP) is 9.05. The van der Waals surface area contributed by atoms with Gasteiger partial charge in [-0.25, -0.2) is 4.98 Å². The van der Waals surface area contributed by atoms with Gasteiger partial charge >= 0.3 is 0 Å². The average Bonchev–Trinajstić information content (AvgIpc) is 3.19. The van der Waals surface area contributed by atoms with Gasteiger partial charge in [0.1, 0.15) is 5.82 Å². The van der Waals surface area contributed by atoms with Gasteiger partial charge in [0.05, 0.1) is 11.4 Å². The SMILES string of the molecule is CC1(C)c2ccccc2-c2cc3c(cc21)N(c1ccc(-c2cccnc2)cn1)c1cccc2cccc-3c12. The number of anilines is 3. The van der Waals surface area contributed by atoms with E-state index in [0.717, 1.165) is 16.9 Å². The zero-order chi connectivity index (χ0) is 25.4. The number of aromatic nitrogens is 2. The van der Waals surface area contributed by atoms with E-state index in [0.29, 0.717) is 0 Å². The third kappa shape index (κ3) is 2.84. The molecule has 0 atom stereocenters. The molecule has 180 valence electrons. The molecule has 0 radical (unpaired) electrons. The molecule has 3 heterocycles. The monoisotopic (exact) mass is 487 g/mol. The van der Waals surface area contributed by atoms with Crippen LogP contribution in [0, 0.1) is 0 Å². The molecule has 3 nitrogen and oxygen atoms in total. The maximum Gasteiger partial charge on any atom is 0.137 e. The Morgan fingerprint density at radius 1 is 0.605 bits per heavy atom. The van der Waals surface area contributed by atoms with Crippen LogP contribution in [0.15, 0.2) is 116 Å². The molecule has 0 unspecified atom stereocenters. The third-order valence-electron chi connectivity index (χ3n) is 8.33. The van der Waals surface area contributed by atoms with Gasteiger partial charge in [0.15, 0.2) is 0 Å². The van der Waals surface area contributed by atoms with Crippen molar-refractivity contribution >= 4 is 28.0 Å². The van der Waals surface area contributed by atoms with E-state index < -0.39 is 0 Å². The van der Waals surface area contributed by atoms with Crippen molar-refractivity contribution in [2.75, 3.05) is 4.90 Å². The van der Waals surface area contributed by atoms with Crippen LogP contribution in [0.25, 0.3) is 44.2 Å². The first-order valence-corrected chi connectivity index (χ1v) is 13.1. The van der Waals surface area contributed by atoms with Crippen LogP contribution in [0.1, 0.15) is 25.0 Å². The van der Waals surface area contributed by atoms with Gasteiger partial charge in [-0.2, -0.15) is 0 Å². The van der Waals surface area contributed by atoms with Gasteiger partial charge in [-0.05, 0) is 69.6 Å². The van der Waals surface area contributed by atoms with Crippen LogP contribution in [0.2, 0.25) is 0 Å². The first kappa shape index (κ1) is 21.3. The lowest BCUT2D eigenvalue weighted by Gasteiger charge is -2.34. The molecule has 0 N–H and O–H groups in total. The van der Waals surface area contributed by atoms with Crippen molar-refractivity contribution in [1.29, 1.82) is 0 Å². The molecule has 8 rings (SSSR count). The summed E-state index contributed by atoms with van der Waals surface area (Å²) in [4.78, 5) is 11.6. The molecule has 0 saturated carbocycles. The highest BCUT2D eigenvalue weighted by atomic mass is 15.2. The number of hydrogen-bond acceptors (Lipinski definition) is 3. The van der Waals surface area contributed by atoms with E-state index in [9.17, 15) is 0 Å². The first-order valence-electron chi connectivity index (χ1n) is 13.1. The summed E-state index contributed by atoms with van der Waals surface area (Å²) < 4.78 is 0. The molecule has 6 aromatic rings. The topological polar surface area (TPSA) is 29.0 Å². The molecule has 0 bridgehead atoms. The maximum atomic E-state index is 5.01. The van der Waals surface area contributed by atoms with Crippen molar-refractivity contribution < 1.29 is 0 Å². The highest BCUT2D eigenvalue weighted by Gasteiger charge is 2.38. The van der Waals surface area contributed by atoms with Crippen LogP contribution in [0.4, 0.5) is 17.2 Å². The van der Waals surface area contributed by atoms with E-state index in [-0.39, 0.29) is 5.41 Å². The van der Waals surface area contributed by atoms with Gasteiger partial charge in [0.2, 0.25) is 0 Å². The number of benzene rings is 4. The second kappa shape index (κ2) is 7.62. The molecule has 0 saturated heterocycles. The molecule has 1 aliphatic carbocycles. The highest BCUT2D eigenvalue weighted by Crippen LogP contribution is 2.56. The molecule has 2 aromatic heterocycles. The fraction of sp³-hybridized carbons (Fsp3) is 0.0857. The first-order chi connectivity index (χ1) is 18.6. The Labute approximate surface area is 222 Å². The number of fused-ring (bicyclic) bond motifs is 5. The second-order valence-electron chi connectivity index (χ2n) is 10.7. The Morgan fingerprint density at radius 2 is 1.42 bits per heavy atom. The van der Waals surface area contributed by atoms with Crippen molar-refractivity contribution in [3.63, 3.8) is 0 Å². The van der Waals surface area contributed by atoms with E-state index in [1.807, 2.05) is 18.5 Å². The molecular weight excluding hydrogens is 462 g/mol. The smallest absolute Gasteiger partial charge is 0.137 e. The van der Waals surface area contributed by atoms with Crippen LogP contribution in [-0.2, 0) is 5.41 Å². The largest absolute Gasteiger partial charge is 0.294 e. The number of nitrogens with zero attached hydrogens (tertiary/aromatic N) is 3. The normalized spacial score (nSPS) is 14.2. The average molecular weight is 488 g/mol. The molecule has 0 fully saturated rings. The minimum atomic E-state index is -0.0762. The second-order valence-corrected chi connectivity index (χ2v) is 10.7. The van der Waals surface area contributed by atoms with Crippen molar-refractivity contribution in [3.8, 4) is 33.4 Å². The van der Waals surface area contributed by atoms with Crippen LogP contribution in [0.3, 0.4) is 0 Å². The van der Waals surface area contributed by atoms with Gasteiger partial charge < -0.3 is 0 Å². The van der Waals surface area contributed by atoms with Crippen LogP contribution < -0.4 is 4.90 Å². The van der Waals surface area contributed by atoms with E-state index >= 15 is 0 Å². The Morgan fingerprint density at radius 3 is 2.24 bits per heavy atom. The Hall–Kier alpha value is -4.76. The van der Waals surface area contributed by atoms with Crippen LogP contribution >= 0.6 is 0 Å². The molecule has 0 amide bonds. The summed E-state index contributed by atoms with van der Waals surface area (Å²) in [7, 11) is 0. The lowest BCUT2D eigenvalue weighted by Crippen LogP contribution is -2.19. The molecule has 0 spiro atoms. The molecular formula is C35H25N3. The van der Waals surface area contributed by atoms with E-state index in [1.165, 1.54) is 55.5 Å². The highest BCUT2D eigenvalue weighted by molar-refractivity contribution is 6.14. The lowest BCUT2D eigenvalue weighted by molar-refractivity contribution is 0.660. The van der Waals surface area contributed by atoms with Crippen molar-refractivity contribution in [1.82, 2.24) is 9.97 Å². The summed E-state index contributed by atoms with van der Waals surface area (Å²) in [5.41, 5.74) is 12.3. The van der Waals surface area contributed by atoms with Crippen molar-refractivity contribution in [3.05, 3.63) is 127 Å². The van der Waals surface area contributed by atoms with Crippen LogP contribution in [-0.4, -0.2) is 9.97 Å². The molecule has 4 aromatic carbocycles. The van der Waals surface area contributed by atoms with Gasteiger partial charge in [0.25, 0.3) is 0 Å². The van der Waals surface area contributed by atoms with E-state index in [1.54, 1.807) is 6.20 Å². The van der Waals surface area contributed by atoms with E-state index in [4.69, 9.17) is 4.98 Å². The van der Waals surface area contributed by atoms with Crippen molar-refractivity contribution in [2.24, 2.45) is 0 Å². The Kier molecular flexibility index (Phi) is 4.28. The van der Waals surface area contributed by atoms with Gasteiger partial charge in [-0.3, -0.25) is 9.88 Å². The zero-order valence-corrected chi connectivity index (χ0v) is 21.3. The Balaban J connectivity index is 1.40. The lowest BCUT2D eigenvalue weighted by atomic mass is 9.81. The summed E-state index contributed by atoms with van der Waals surface area (Å²) >= 11 is 0. The summed E-state index contributed by atoms with van der Waals surface area (Å²) in [6.45, 7) is 4.68. The molecule has 1 aliphatic heterocycles. The standard InChI is InChI=1S/C35H25N3/c1-35(2)29-13-4-3-11-25(29)27-18-28-26-12-5-8-22-9-6-14-31(34(22)26)38(32(28)19-30(27)35)33-16-15-24(21-37-33)23-10-7-17-36-20-23/h3-21H,1-2H3. The quantitative estimate of drug-likeness (QED) is 0.244. The van der Waals surface area contributed by atoms with Gasteiger partial charge in [-0.15, -0.1) is 0 Å². The number of rotatable bonds is 2. The fourth-order valence-electron chi connectivity index (χ4n) is 6.47. The van der Waals surface area contributed by atoms with Crippen molar-refractivity contribution in [2.45, 2.75) is 19.3 Å². The summed E-state index contributed by atoms with van der Waals surface area (Å²) in [5.74, 6) is 0.911. The van der Waals surface area contributed by atoms with E-state index in [2.05, 4.69) is 115 Å². The number of hydrogen-bond donors (Lipinski definition) is 0.